The summed E-state index contributed by atoms with van der Waals surface area (Å²) < 4.78 is 2.21. The van der Waals surface area contributed by atoms with E-state index in [4.69, 9.17) is 5.73 Å². The predicted molar refractivity (Wildman–Crippen MR) is 70.1 cm³/mol. The quantitative estimate of drug-likeness (QED) is 0.819. The molecule has 0 aliphatic heterocycles. The fourth-order valence-electron chi connectivity index (χ4n) is 2.92. The number of carbonyl (C=O) groups is 1. The van der Waals surface area contributed by atoms with E-state index in [2.05, 4.69) is 21.8 Å². The Labute approximate surface area is 108 Å². The summed E-state index contributed by atoms with van der Waals surface area (Å²) in [6.07, 6.45) is 8.44. The van der Waals surface area contributed by atoms with Crippen molar-refractivity contribution in [2.75, 3.05) is 7.05 Å². The summed E-state index contributed by atoms with van der Waals surface area (Å²) in [6, 6.07) is 0.328. The zero-order valence-electron chi connectivity index (χ0n) is 11.1. The number of nitrogens with two attached hydrogens (primary N) is 1. The summed E-state index contributed by atoms with van der Waals surface area (Å²) in [5, 5.41) is 3.11. The Morgan fingerprint density at radius 2 is 2.50 bits per heavy atom. The van der Waals surface area contributed by atoms with Gasteiger partial charge in [0, 0.05) is 24.9 Å². The molecular formula is C13H22N4O. The molecule has 2 atom stereocenters. The molecule has 0 saturated heterocycles. The zero-order valence-corrected chi connectivity index (χ0v) is 11.1. The topological polar surface area (TPSA) is 72.9 Å². The lowest BCUT2D eigenvalue weighted by atomic mass is 9.97. The second-order valence-electron chi connectivity index (χ2n) is 5.09. The van der Waals surface area contributed by atoms with Crippen LogP contribution in [0.25, 0.3) is 0 Å². The molecule has 1 saturated carbocycles. The lowest BCUT2D eigenvalue weighted by Gasteiger charge is -2.25. The van der Waals surface area contributed by atoms with Crippen LogP contribution in [0.3, 0.4) is 0 Å². The van der Waals surface area contributed by atoms with Crippen LogP contribution >= 0.6 is 0 Å². The van der Waals surface area contributed by atoms with Crippen LogP contribution in [0.5, 0.6) is 0 Å². The number of nitrogens with zero attached hydrogens (tertiary/aromatic N) is 2. The highest BCUT2D eigenvalue weighted by atomic mass is 16.1. The van der Waals surface area contributed by atoms with Crippen molar-refractivity contribution >= 4 is 5.91 Å². The van der Waals surface area contributed by atoms with Crippen LogP contribution in [0, 0.1) is 0 Å². The van der Waals surface area contributed by atoms with Crippen LogP contribution in [-0.4, -0.2) is 28.0 Å². The molecule has 1 aromatic heterocycles. The lowest BCUT2D eigenvalue weighted by molar-refractivity contribution is -0.124. The molecule has 2 rings (SSSR count). The number of carbonyl (C=O) groups excluding carboxylic acids is 1. The maximum absolute atomic E-state index is 11.6. The molecule has 1 aliphatic carbocycles. The highest BCUT2D eigenvalue weighted by molar-refractivity contribution is 5.85. The fourth-order valence-corrected chi connectivity index (χ4v) is 2.92. The van der Waals surface area contributed by atoms with Crippen molar-refractivity contribution in [1.82, 2.24) is 14.9 Å². The number of aromatic nitrogens is 2. The zero-order chi connectivity index (χ0) is 13.2. The Bertz CT molecular complexity index is 428. The van der Waals surface area contributed by atoms with Crippen LogP contribution < -0.4 is 11.1 Å². The third-order valence-electron chi connectivity index (χ3n) is 4.05. The summed E-state index contributed by atoms with van der Waals surface area (Å²) in [4.78, 5) is 16.0. The van der Waals surface area contributed by atoms with E-state index in [0.29, 0.717) is 6.04 Å². The molecule has 2 unspecified atom stereocenters. The molecule has 0 aromatic carbocycles. The van der Waals surface area contributed by atoms with Gasteiger partial charge in [0.1, 0.15) is 5.82 Å². The number of imidazole rings is 1. The Hall–Kier alpha value is -1.36. The van der Waals surface area contributed by atoms with Crippen molar-refractivity contribution < 1.29 is 4.79 Å². The summed E-state index contributed by atoms with van der Waals surface area (Å²) in [5.74, 6) is 0.864. The van der Waals surface area contributed by atoms with Crippen LogP contribution in [-0.2, 0) is 11.2 Å². The third-order valence-corrected chi connectivity index (χ3v) is 4.05. The van der Waals surface area contributed by atoms with Gasteiger partial charge in [-0.25, -0.2) is 4.98 Å². The molecule has 3 N–H and O–H groups in total. The van der Waals surface area contributed by atoms with Gasteiger partial charge in [-0.3, -0.25) is 4.79 Å². The van der Waals surface area contributed by atoms with Gasteiger partial charge in [0.25, 0.3) is 0 Å². The lowest BCUT2D eigenvalue weighted by Crippen LogP contribution is -2.52. The first-order valence-electron chi connectivity index (χ1n) is 6.63. The van der Waals surface area contributed by atoms with Crippen LogP contribution in [0.4, 0.5) is 0 Å². The molecule has 1 aliphatic rings. The van der Waals surface area contributed by atoms with E-state index in [1.54, 1.807) is 0 Å². The Kier molecular flexibility index (Phi) is 3.71. The van der Waals surface area contributed by atoms with Crippen LogP contribution in [0.15, 0.2) is 12.4 Å². The average molecular weight is 250 g/mol. The summed E-state index contributed by atoms with van der Waals surface area (Å²) in [5.41, 5.74) is 4.99. The van der Waals surface area contributed by atoms with Gasteiger partial charge in [-0.1, -0.05) is 6.92 Å². The first-order chi connectivity index (χ1) is 8.63. The Balaban J connectivity index is 2.17. The molecule has 0 radical (unpaired) electrons. The molecule has 1 fully saturated rings. The maximum Gasteiger partial charge on any atom is 0.237 e. The minimum atomic E-state index is -0.543. The van der Waals surface area contributed by atoms with Crippen molar-refractivity contribution in [3.63, 3.8) is 0 Å². The first-order valence-corrected chi connectivity index (χ1v) is 6.63. The second kappa shape index (κ2) is 5.10. The standard InChI is InChI=1S/C13H22N4O/c1-3-4-11-16-7-8-17(11)10-5-6-13(9-10,15-2)12(14)18/h7-8,10,15H,3-6,9H2,1-2H3,(H2,14,18). The van der Waals surface area contributed by atoms with Crippen molar-refractivity contribution in [3.05, 3.63) is 18.2 Å². The van der Waals surface area contributed by atoms with E-state index in [0.717, 1.165) is 37.9 Å². The number of nitrogens with one attached hydrogen (secondary N) is 1. The van der Waals surface area contributed by atoms with Crippen molar-refractivity contribution in [2.45, 2.75) is 50.6 Å². The minimum absolute atomic E-state index is 0.246. The van der Waals surface area contributed by atoms with E-state index in [-0.39, 0.29) is 5.91 Å². The molecule has 5 nitrogen and oxygen atoms in total. The summed E-state index contributed by atoms with van der Waals surface area (Å²) in [7, 11) is 1.81. The third kappa shape index (κ3) is 2.14. The van der Waals surface area contributed by atoms with Gasteiger partial charge in [0.2, 0.25) is 5.91 Å². The molecule has 18 heavy (non-hydrogen) atoms. The number of primary amides is 1. The molecule has 1 heterocycles. The van der Waals surface area contributed by atoms with E-state index in [1.807, 2.05) is 19.4 Å². The molecule has 1 amide bonds. The van der Waals surface area contributed by atoms with E-state index < -0.39 is 5.54 Å². The summed E-state index contributed by atoms with van der Waals surface area (Å²) >= 11 is 0. The van der Waals surface area contributed by atoms with E-state index in [9.17, 15) is 4.79 Å². The van der Waals surface area contributed by atoms with Crippen LogP contribution in [0.1, 0.15) is 44.5 Å². The smallest absolute Gasteiger partial charge is 0.237 e. The first kappa shape index (κ1) is 13.1. The Morgan fingerprint density at radius 3 is 3.06 bits per heavy atom. The van der Waals surface area contributed by atoms with Gasteiger partial charge in [0.15, 0.2) is 0 Å². The SMILES string of the molecule is CCCc1nccn1C1CCC(NC)(C(N)=O)C1. The number of likely N-dealkylation sites (N-methyl/N-ethyl adjacent to an activating group) is 1. The van der Waals surface area contributed by atoms with Gasteiger partial charge in [-0.05, 0) is 32.7 Å². The summed E-state index contributed by atoms with van der Waals surface area (Å²) in [6.45, 7) is 2.15. The Morgan fingerprint density at radius 1 is 1.72 bits per heavy atom. The molecule has 100 valence electrons. The minimum Gasteiger partial charge on any atom is -0.368 e. The highest BCUT2D eigenvalue weighted by Gasteiger charge is 2.43. The van der Waals surface area contributed by atoms with Gasteiger partial charge in [0.05, 0.1) is 5.54 Å². The molecular weight excluding hydrogens is 228 g/mol. The van der Waals surface area contributed by atoms with Crippen molar-refractivity contribution in [2.24, 2.45) is 5.73 Å². The number of rotatable bonds is 5. The largest absolute Gasteiger partial charge is 0.368 e. The monoisotopic (exact) mass is 250 g/mol. The average Bonchev–Trinajstić information content (AvgIpc) is 2.95. The van der Waals surface area contributed by atoms with Gasteiger partial charge < -0.3 is 15.6 Å². The predicted octanol–water partition coefficient (Wildman–Crippen LogP) is 1.00. The van der Waals surface area contributed by atoms with E-state index >= 15 is 0 Å². The molecule has 0 bridgehead atoms. The van der Waals surface area contributed by atoms with Crippen molar-refractivity contribution in [3.8, 4) is 0 Å². The van der Waals surface area contributed by atoms with Gasteiger partial charge >= 0.3 is 0 Å². The van der Waals surface area contributed by atoms with Crippen molar-refractivity contribution in [1.29, 1.82) is 0 Å². The maximum atomic E-state index is 11.6. The van der Waals surface area contributed by atoms with Gasteiger partial charge in [-0.2, -0.15) is 0 Å². The molecule has 0 spiro atoms. The fraction of sp³-hybridized carbons (Fsp3) is 0.692. The number of amides is 1. The van der Waals surface area contributed by atoms with Gasteiger partial charge in [-0.15, -0.1) is 0 Å². The number of hydrogen-bond acceptors (Lipinski definition) is 3. The second-order valence-corrected chi connectivity index (χ2v) is 5.09. The highest BCUT2D eigenvalue weighted by Crippen LogP contribution is 2.38. The van der Waals surface area contributed by atoms with Crippen LogP contribution in [0.2, 0.25) is 0 Å². The molecule has 5 heteroatoms. The number of aryl methyl sites for hydroxylation is 1. The molecule has 1 aromatic rings. The number of hydrogen-bond donors (Lipinski definition) is 2. The van der Waals surface area contributed by atoms with E-state index in [1.165, 1.54) is 0 Å². The normalized spacial score (nSPS) is 27.6.